The highest BCUT2D eigenvalue weighted by Gasteiger charge is 2.41. The summed E-state index contributed by atoms with van der Waals surface area (Å²) in [6, 6.07) is 14.9. The van der Waals surface area contributed by atoms with Crippen LogP contribution >= 0.6 is 0 Å². The molecule has 0 aliphatic rings. The average molecular weight is 344 g/mol. The van der Waals surface area contributed by atoms with Crippen molar-refractivity contribution in [2.24, 2.45) is 0 Å². The van der Waals surface area contributed by atoms with Crippen LogP contribution in [-0.4, -0.2) is 39.3 Å². The maximum atomic E-state index is 11.9. The topological polar surface area (TPSA) is 121 Å². The van der Waals surface area contributed by atoms with Crippen LogP contribution in [0.15, 0.2) is 60.7 Å². The first-order valence-corrected chi connectivity index (χ1v) is 7.34. The van der Waals surface area contributed by atoms with E-state index in [1.807, 2.05) is 0 Å². The van der Waals surface area contributed by atoms with Crippen LogP contribution in [0, 0.1) is 0 Å². The van der Waals surface area contributed by atoms with E-state index < -0.39 is 36.0 Å². The molecule has 0 amide bonds. The van der Waals surface area contributed by atoms with Gasteiger partial charge in [-0.25, -0.2) is 9.59 Å². The molecule has 0 fully saturated rings. The number of carboxylic acids is 1. The Hall–Kier alpha value is -3.03. The first-order chi connectivity index (χ1) is 11.8. The number of carbonyl (C=O) groups excluding carboxylic acids is 2. The lowest BCUT2D eigenvalue weighted by atomic mass is 9.90. The molecule has 0 bridgehead atoms. The molecular weight excluding hydrogens is 328 g/mol. The maximum absolute atomic E-state index is 11.9. The minimum absolute atomic E-state index is 0.00647. The van der Waals surface area contributed by atoms with Crippen LogP contribution in [0.5, 0.6) is 0 Å². The van der Waals surface area contributed by atoms with Crippen LogP contribution < -0.4 is 0 Å². The van der Waals surface area contributed by atoms with E-state index in [9.17, 15) is 29.7 Å². The van der Waals surface area contributed by atoms with Crippen molar-refractivity contribution in [2.45, 2.75) is 18.3 Å². The Kier molecular flexibility index (Phi) is 5.63. The summed E-state index contributed by atoms with van der Waals surface area (Å²) in [6.07, 6.45) is -2.82. The number of benzene rings is 2. The van der Waals surface area contributed by atoms with Gasteiger partial charge in [-0.1, -0.05) is 60.7 Å². The van der Waals surface area contributed by atoms with Crippen molar-refractivity contribution in [3.05, 3.63) is 71.8 Å². The standard InChI is InChI=1S/C18H16O7/c19-14(25-16(21)15(20)12-7-3-1-4-8-12)11-18(24,17(22)23)13-9-5-2-6-10-13/h1-10,14,19,24H,11H2,(H,22,23). The van der Waals surface area contributed by atoms with Crippen LogP contribution in [0.4, 0.5) is 0 Å². The summed E-state index contributed by atoms with van der Waals surface area (Å²) < 4.78 is 4.58. The molecule has 0 saturated heterocycles. The summed E-state index contributed by atoms with van der Waals surface area (Å²) in [6.45, 7) is 0. The summed E-state index contributed by atoms with van der Waals surface area (Å²) in [5, 5.41) is 29.5. The van der Waals surface area contributed by atoms with Crippen molar-refractivity contribution in [3.63, 3.8) is 0 Å². The summed E-state index contributed by atoms with van der Waals surface area (Å²) in [5.74, 6) is -3.96. The molecule has 7 nitrogen and oxygen atoms in total. The Morgan fingerprint density at radius 3 is 2.00 bits per heavy atom. The van der Waals surface area contributed by atoms with Gasteiger partial charge in [0, 0.05) is 5.56 Å². The molecule has 0 radical (unpaired) electrons. The van der Waals surface area contributed by atoms with Crippen molar-refractivity contribution >= 4 is 17.7 Å². The molecule has 0 spiro atoms. The van der Waals surface area contributed by atoms with E-state index in [0.29, 0.717) is 0 Å². The Balaban J connectivity index is 2.09. The molecular formula is C18H16O7. The second-order valence-electron chi connectivity index (χ2n) is 5.29. The van der Waals surface area contributed by atoms with Gasteiger partial charge in [-0.2, -0.15) is 0 Å². The molecule has 0 saturated carbocycles. The largest absolute Gasteiger partial charge is 0.479 e. The van der Waals surface area contributed by atoms with Gasteiger partial charge in [0.2, 0.25) is 6.29 Å². The van der Waals surface area contributed by atoms with Gasteiger partial charge >= 0.3 is 11.9 Å². The van der Waals surface area contributed by atoms with Crippen LogP contribution in [0.3, 0.4) is 0 Å². The fraction of sp³-hybridized carbons (Fsp3) is 0.167. The van der Waals surface area contributed by atoms with E-state index >= 15 is 0 Å². The number of Topliss-reactive ketones (excluding diaryl/α,β-unsaturated/α-hetero) is 1. The monoisotopic (exact) mass is 344 g/mol. The number of hydrogen-bond donors (Lipinski definition) is 3. The number of aliphatic carboxylic acids is 1. The van der Waals surface area contributed by atoms with Gasteiger partial charge in [0.15, 0.2) is 5.60 Å². The van der Waals surface area contributed by atoms with Crippen LogP contribution in [0.2, 0.25) is 0 Å². The Morgan fingerprint density at radius 2 is 1.48 bits per heavy atom. The molecule has 2 aromatic rings. The molecule has 0 aromatic heterocycles. The van der Waals surface area contributed by atoms with Gasteiger partial charge in [-0.15, -0.1) is 0 Å². The fourth-order valence-corrected chi connectivity index (χ4v) is 2.22. The zero-order valence-corrected chi connectivity index (χ0v) is 13.0. The Labute approximate surface area is 143 Å². The third-order valence-electron chi connectivity index (χ3n) is 3.54. The number of aliphatic hydroxyl groups is 2. The third-order valence-corrected chi connectivity index (χ3v) is 3.54. The third kappa shape index (κ3) is 4.28. The fourth-order valence-electron chi connectivity index (χ4n) is 2.22. The number of carbonyl (C=O) groups is 3. The molecule has 2 atom stereocenters. The number of carboxylic acid groups (broad SMARTS) is 1. The quantitative estimate of drug-likeness (QED) is 0.297. The molecule has 2 rings (SSSR count). The lowest BCUT2D eigenvalue weighted by Gasteiger charge is -2.26. The number of ketones is 1. The summed E-state index contributed by atoms with van der Waals surface area (Å²) >= 11 is 0. The predicted molar refractivity (Wildman–Crippen MR) is 85.5 cm³/mol. The Morgan fingerprint density at radius 1 is 0.960 bits per heavy atom. The number of esters is 1. The average Bonchev–Trinajstić information content (AvgIpc) is 2.62. The predicted octanol–water partition coefficient (Wildman–Crippen LogP) is 1.09. The minimum Gasteiger partial charge on any atom is -0.479 e. The van der Waals surface area contributed by atoms with Crippen molar-refractivity contribution in [1.82, 2.24) is 0 Å². The molecule has 0 aliphatic heterocycles. The number of rotatable bonds is 7. The molecule has 2 aromatic carbocycles. The molecule has 0 aliphatic carbocycles. The smallest absolute Gasteiger partial charge is 0.381 e. The van der Waals surface area contributed by atoms with Crippen molar-refractivity contribution < 1.29 is 34.4 Å². The number of aliphatic hydroxyl groups excluding tert-OH is 1. The molecule has 130 valence electrons. The van der Waals surface area contributed by atoms with Gasteiger partial charge in [0.1, 0.15) is 0 Å². The van der Waals surface area contributed by atoms with E-state index in [-0.39, 0.29) is 11.1 Å². The highest BCUT2D eigenvalue weighted by molar-refractivity contribution is 6.40. The van der Waals surface area contributed by atoms with E-state index in [2.05, 4.69) is 4.74 Å². The van der Waals surface area contributed by atoms with E-state index in [1.54, 1.807) is 24.3 Å². The first kappa shape index (κ1) is 18.3. The highest BCUT2D eigenvalue weighted by atomic mass is 16.6. The first-order valence-electron chi connectivity index (χ1n) is 7.34. The van der Waals surface area contributed by atoms with Gasteiger partial charge in [0.05, 0.1) is 6.42 Å². The molecule has 0 heterocycles. The second kappa shape index (κ2) is 7.69. The van der Waals surface area contributed by atoms with Crippen LogP contribution in [0.1, 0.15) is 22.3 Å². The van der Waals surface area contributed by atoms with Crippen molar-refractivity contribution in [3.8, 4) is 0 Å². The molecule has 7 heteroatoms. The maximum Gasteiger partial charge on any atom is 0.381 e. The van der Waals surface area contributed by atoms with E-state index in [4.69, 9.17) is 0 Å². The lowest BCUT2D eigenvalue weighted by molar-refractivity contribution is -0.184. The van der Waals surface area contributed by atoms with Crippen molar-refractivity contribution in [1.29, 1.82) is 0 Å². The second-order valence-corrected chi connectivity index (χ2v) is 5.29. The summed E-state index contributed by atoms with van der Waals surface area (Å²) in [4.78, 5) is 35.1. The van der Waals surface area contributed by atoms with Gasteiger partial charge in [-0.3, -0.25) is 4.79 Å². The van der Waals surface area contributed by atoms with Gasteiger partial charge in [-0.05, 0) is 5.56 Å². The minimum atomic E-state index is -2.48. The normalized spacial score (nSPS) is 14.2. The zero-order valence-electron chi connectivity index (χ0n) is 13.0. The van der Waals surface area contributed by atoms with Crippen LogP contribution in [0.25, 0.3) is 0 Å². The van der Waals surface area contributed by atoms with E-state index in [1.165, 1.54) is 36.4 Å². The molecule has 3 N–H and O–H groups in total. The summed E-state index contributed by atoms with van der Waals surface area (Å²) in [7, 11) is 0. The van der Waals surface area contributed by atoms with Crippen LogP contribution in [-0.2, 0) is 19.9 Å². The number of ether oxygens (including phenoxy) is 1. The number of hydrogen-bond acceptors (Lipinski definition) is 6. The molecule has 2 unspecified atom stereocenters. The van der Waals surface area contributed by atoms with E-state index in [0.717, 1.165) is 0 Å². The van der Waals surface area contributed by atoms with Crippen molar-refractivity contribution in [2.75, 3.05) is 0 Å². The lowest BCUT2D eigenvalue weighted by Crippen LogP contribution is -2.40. The highest BCUT2D eigenvalue weighted by Crippen LogP contribution is 2.27. The zero-order chi connectivity index (χ0) is 18.4. The Bertz CT molecular complexity index is 758. The summed E-state index contributed by atoms with van der Waals surface area (Å²) in [5.41, 5.74) is -2.40. The van der Waals surface area contributed by atoms with Gasteiger partial charge in [0.25, 0.3) is 5.78 Å². The molecule has 25 heavy (non-hydrogen) atoms. The van der Waals surface area contributed by atoms with Gasteiger partial charge < -0.3 is 20.1 Å². The SMILES string of the molecule is O=C(OC(O)CC(O)(C(=O)O)c1ccccc1)C(=O)c1ccccc1.